The van der Waals surface area contributed by atoms with Crippen LogP contribution < -0.4 is 0 Å². The Labute approximate surface area is 102 Å². The van der Waals surface area contributed by atoms with Gasteiger partial charge in [0.15, 0.2) is 0 Å². The van der Waals surface area contributed by atoms with Gasteiger partial charge in [-0.3, -0.25) is 0 Å². The zero-order valence-corrected chi connectivity index (χ0v) is 10.0. The minimum atomic E-state index is 0.540. The van der Waals surface area contributed by atoms with Crippen LogP contribution in [0.25, 0.3) is 11.0 Å². The highest BCUT2D eigenvalue weighted by molar-refractivity contribution is 7.09. The molecular formula is C12H9ClN2S. The average molecular weight is 249 g/mol. The fraction of sp³-hybridized carbons (Fsp3) is 0.0833. The molecule has 0 radical (unpaired) electrons. The minimum absolute atomic E-state index is 0.540. The van der Waals surface area contributed by atoms with Gasteiger partial charge >= 0.3 is 0 Å². The molecule has 0 saturated carbocycles. The van der Waals surface area contributed by atoms with Gasteiger partial charge in [0.1, 0.15) is 10.8 Å². The van der Waals surface area contributed by atoms with Gasteiger partial charge in [-0.1, -0.05) is 17.7 Å². The number of aromatic nitrogens is 2. The summed E-state index contributed by atoms with van der Waals surface area (Å²) in [7, 11) is 0. The van der Waals surface area contributed by atoms with E-state index in [0.717, 1.165) is 17.6 Å². The molecule has 80 valence electrons. The first-order valence-electron chi connectivity index (χ1n) is 4.97. The van der Waals surface area contributed by atoms with Gasteiger partial charge in [0, 0.05) is 16.5 Å². The van der Waals surface area contributed by atoms with Gasteiger partial charge in [0.2, 0.25) is 0 Å². The van der Waals surface area contributed by atoms with Crippen molar-refractivity contribution in [2.75, 3.05) is 0 Å². The van der Waals surface area contributed by atoms with Crippen LogP contribution in [0.4, 0.5) is 0 Å². The van der Waals surface area contributed by atoms with Crippen LogP contribution in [-0.2, 0) is 6.54 Å². The van der Waals surface area contributed by atoms with Crippen molar-refractivity contribution in [3.8, 4) is 0 Å². The van der Waals surface area contributed by atoms with Crippen molar-refractivity contribution in [3.63, 3.8) is 0 Å². The highest BCUT2D eigenvalue weighted by Gasteiger charge is 2.04. The van der Waals surface area contributed by atoms with E-state index in [9.17, 15) is 0 Å². The quantitative estimate of drug-likeness (QED) is 0.631. The molecular weight excluding hydrogens is 240 g/mol. The summed E-state index contributed by atoms with van der Waals surface area (Å²) in [6.45, 7) is 0.856. The van der Waals surface area contributed by atoms with Gasteiger partial charge in [-0.25, -0.2) is 4.98 Å². The molecule has 3 rings (SSSR count). The Morgan fingerprint density at radius 2 is 2.19 bits per heavy atom. The lowest BCUT2D eigenvalue weighted by molar-refractivity contribution is 0.839. The molecule has 3 heterocycles. The van der Waals surface area contributed by atoms with E-state index in [2.05, 4.69) is 33.1 Å². The van der Waals surface area contributed by atoms with Crippen molar-refractivity contribution in [1.82, 2.24) is 9.55 Å². The standard InChI is InChI=1S/C12H9ClN2S/c13-11-4-3-9-5-6-15(12(9)14-11)8-10-2-1-7-16-10/h1-7H,8H2. The van der Waals surface area contributed by atoms with Gasteiger partial charge in [0.05, 0.1) is 6.54 Å². The number of hydrogen-bond acceptors (Lipinski definition) is 2. The van der Waals surface area contributed by atoms with Crippen LogP contribution in [0.15, 0.2) is 41.9 Å². The topological polar surface area (TPSA) is 17.8 Å². The van der Waals surface area contributed by atoms with Crippen molar-refractivity contribution in [3.05, 3.63) is 51.9 Å². The molecule has 3 aromatic heterocycles. The number of rotatable bonds is 2. The van der Waals surface area contributed by atoms with Crippen molar-refractivity contribution < 1.29 is 0 Å². The Morgan fingerprint density at radius 1 is 1.25 bits per heavy atom. The molecule has 0 amide bonds. The van der Waals surface area contributed by atoms with E-state index < -0.39 is 0 Å². The Morgan fingerprint density at radius 3 is 3.00 bits per heavy atom. The van der Waals surface area contributed by atoms with Crippen LogP contribution in [0, 0.1) is 0 Å². The highest BCUT2D eigenvalue weighted by Crippen LogP contribution is 2.19. The number of nitrogens with zero attached hydrogens (tertiary/aromatic N) is 2. The van der Waals surface area contributed by atoms with Crippen molar-refractivity contribution in [1.29, 1.82) is 0 Å². The summed E-state index contributed by atoms with van der Waals surface area (Å²) in [5, 5.41) is 3.75. The molecule has 0 saturated heterocycles. The first-order valence-corrected chi connectivity index (χ1v) is 6.22. The fourth-order valence-electron chi connectivity index (χ4n) is 1.74. The fourth-order valence-corrected chi connectivity index (χ4v) is 2.58. The zero-order chi connectivity index (χ0) is 11.0. The number of halogens is 1. The predicted octanol–water partition coefficient (Wildman–Crippen LogP) is 3.80. The molecule has 0 unspecified atom stereocenters. The first kappa shape index (κ1) is 9.87. The SMILES string of the molecule is Clc1ccc2ccn(Cc3cccs3)c2n1. The maximum Gasteiger partial charge on any atom is 0.141 e. The molecule has 0 aliphatic heterocycles. The number of thiophene rings is 1. The second-order valence-corrected chi connectivity index (χ2v) is 4.99. The summed E-state index contributed by atoms with van der Waals surface area (Å²) in [4.78, 5) is 5.67. The molecule has 2 nitrogen and oxygen atoms in total. The second-order valence-electron chi connectivity index (χ2n) is 3.57. The van der Waals surface area contributed by atoms with E-state index in [-0.39, 0.29) is 0 Å². The smallest absolute Gasteiger partial charge is 0.141 e. The maximum atomic E-state index is 5.91. The molecule has 3 aromatic rings. The lowest BCUT2D eigenvalue weighted by Crippen LogP contribution is -1.97. The third-order valence-electron chi connectivity index (χ3n) is 2.48. The van der Waals surface area contributed by atoms with Gasteiger partial charge < -0.3 is 4.57 Å². The predicted molar refractivity (Wildman–Crippen MR) is 68.2 cm³/mol. The van der Waals surface area contributed by atoms with E-state index in [1.807, 2.05) is 18.3 Å². The first-order chi connectivity index (χ1) is 7.83. The Bertz CT molecular complexity index is 613. The van der Waals surface area contributed by atoms with E-state index >= 15 is 0 Å². The van der Waals surface area contributed by atoms with Crippen molar-refractivity contribution in [2.24, 2.45) is 0 Å². The molecule has 0 fully saturated rings. The monoisotopic (exact) mass is 248 g/mol. The molecule has 4 heteroatoms. The number of fused-ring (bicyclic) bond motifs is 1. The summed E-state index contributed by atoms with van der Waals surface area (Å²) in [5.41, 5.74) is 0.945. The average Bonchev–Trinajstić information content (AvgIpc) is 2.90. The molecule has 0 aliphatic carbocycles. The molecule has 0 atom stereocenters. The molecule has 16 heavy (non-hydrogen) atoms. The lowest BCUT2D eigenvalue weighted by Gasteiger charge is -2.02. The summed E-state index contributed by atoms with van der Waals surface area (Å²) in [6.07, 6.45) is 2.05. The minimum Gasteiger partial charge on any atom is -0.327 e. The largest absolute Gasteiger partial charge is 0.327 e. The molecule has 0 aliphatic rings. The number of hydrogen-bond donors (Lipinski definition) is 0. The van der Waals surface area contributed by atoms with E-state index in [1.54, 1.807) is 11.3 Å². The molecule has 0 bridgehead atoms. The van der Waals surface area contributed by atoms with Gasteiger partial charge in [-0.2, -0.15) is 0 Å². The number of pyridine rings is 1. The van der Waals surface area contributed by atoms with E-state index in [4.69, 9.17) is 11.6 Å². The Balaban J connectivity index is 2.07. The highest BCUT2D eigenvalue weighted by atomic mass is 35.5. The Kier molecular flexibility index (Phi) is 2.42. The maximum absolute atomic E-state index is 5.91. The summed E-state index contributed by atoms with van der Waals surface area (Å²) in [6, 6.07) is 10.1. The van der Waals surface area contributed by atoms with Crippen molar-refractivity contribution >= 4 is 34.0 Å². The van der Waals surface area contributed by atoms with E-state index in [1.165, 1.54) is 4.88 Å². The molecule has 0 N–H and O–H groups in total. The molecule has 0 aromatic carbocycles. The lowest BCUT2D eigenvalue weighted by atomic mass is 10.3. The van der Waals surface area contributed by atoms with Crippen LogP contribution in [0.5, 0.6) is 0 Å². The van der Waals surface area contributed by atoms with Crippen molar-refractivity contribution in [2.45, 2.75) is 6.54 Å². The zero-order valence-electron chi connectivity index (χ0n) is 8.43. The van der Waals surface area contributed by atoms with Gasteiger partial charge in [0.25, 0.3) is 0 Å². The van der Waals surface area contributed by atoms with Crippen LogP contribution in [0.1, 0.15) is 4.88 Å². The van der Waals surface area contributed by atoms with Crippen LogP contribution in [-0.4, -0.2) is 9.55 Å². The van der Waals surface area contributed by atoms with Crippen LogP contribution in [0.2, 0.25) is 5.15 Å². The molecule has 0 spiro atoms. The van der Waals surface area contributed by atoms with Gasteiger partial charge in [-0.05, 0) is 29.6 Å². The summed E-state index contributed by atoms with van der Waals surface area (Å²) >= 11 is 7.66. The third kappa shape index (κ3) is 1.72. The summed E-state index contributed by atoms with van der Waals surface area (Å²) in [5.74, 6) is 0. The van der Waals surface area contributed by atoms with E-state index in [0.29, 0.717) is 5.15 Å². The van der Waals surface area contributed by atoms with Gasteiger partial charge in [-0.15, -0.1) is 11.3 Å². The third-order valence-corrected chi connectivity index (χ3v) is 3.56. The van der Waals surface area contributed by atoms with Crippen LogP contribution >= 0.6 is 22.9 Å². The summed E-state index contributed by atoms with van der Waals surface area (Å²) < 4.78 is 2.12. The Hall–Kier alpha value is -1.32. The van der Waals surface area contributed by atoms with Crippen LogP contribution in [0.3, 0.4) is 0 Å². The normalized spacial score (nSPS) is 11.1. The second kappa shape index (κ2) is 3.92.